The molecule has 0 radical (unpaired) electrons. The van der Waals surface area contributed by atoms with Crippen LogP contribution >= 0.6 is 22.6 Å². The third kappa shape index (κ3) is 8.18. The molecular weight excluding hydrogens is 593 g/mol. The Labute approximate surface area is 240 Å². The molecule has 2 saturated heterocycles. The standard InChI is InChI=1S/C29H50IN3O3Si/c1-18(2)37(19(3)4,20(5)6)36-29-23(9)15-25(17-30)35-28(29)14-12-21(7)11-13-27-22(8)16-26(32-33-31)24(10)34-27/h11-12,14,18-20,22,24-29H,9,13,15-17H2,1-8,10H3/b14-12+,21-11+/t22-,24+,25+,26+,27-,28+,29-/m0/s1. The molecule has 0 amide bonds. The van der Waals surface area contributed by atoms with Crippen LogP contribution in [0.1, 0.15) is 81.6 Å². The quantitative estimate of drug-likeness (QED) is 0.0329. The molecule has 210 valence electrons. The van der Waals surface area contributed by atoms with E-state index < -0.39 is 8.32 Å². The van der Waals surface area contributed by atoms with Crippen LogP contribution in [0, 0.1) is 5.92 Å². The molecule has 2 fully saturated rings. The van der Waals surface area contributed by atoms with Crippen molar-refractivity contribution in [3.63, 3.8) is 0 Å². The van der Waals surface area contributed by atoms with Gasteiger partial charge in [0.1, 0.15) is 6.10 Å². The summed E-state index contributed by atoms with van der Waals surface area (Å²) in [6.45, 7) is 24.8. The van der Waals surface area contributed by atoms with Gasteiger partial charge in [-0.25, -0.2) is 0 Å². The lowest BCUT2D eigenvalue weighted by Gasteiger charge is -2.48. The monoisotopic (exact) mass is 643 g/mol. The summed E-state index contributed by atoms with van der Waals surface area (Å²) >= 11 is 2.41. The SMILES string of the molecule is C=C1C[C@H](CI)O[C@H](/C=C/C(C)=C/C[C@@H]2O[C@H](C)[C@H](N=[N+]=[N-])C[C@@H]2C)[C@H]1O[Si](C(C)C)(C(C)C)C(C)C. The Hall–Kier alpha value is -0.643. The molecule has 0 bridgehead atoms. The Morgan fingerprint density at radius 3 is 2.35 bits per heavy atom. The second kappa shape index (κ2) is 14.7. The van der Waals surface area contributed by atoms with Crippen molar-refractivity contribution < 1.29 is 13.9 Å². The van der Waals surface area contributed by atoms with Gasteiger partial charge >= 0.3 is 0 Å². The summed E-state index contributed by atoms with van der Waals surface area (Å²) in [5.41, 5.74) is 12.7. The van der Waals surface area contributed by atoms with Crippen LogP contribution in [0.25, 0.3) is 10.4 Å². The van der Waals surface area contributed by atoms with E-state index in [-0.39, 0.29) is 36.6 Å². The Bertz CT molecular complexity index is 847. The van der Waals surface area contributed by atoms with Gasteiger partial charge in [0.15, 0.2) is 0 Å². The Morgan fingerprint density at radius 2 is 1.81 bits per heavy atom. The Kier molecular flexibility index (Phi) is 12.9. The molecule has 7 atom stereocenters. The van der Waals surface area contributed by atoms with Crippen molar-refractivity contribution in [2.75, 3.05) is 4.43 Å². The number of hydrogen-bond donors (Lipinski definition) is 0. The highest BCUT2D eigenvalue weighted by Gasteiger charge is 2.49. The number of allylic oxidation sites excluding steroid dienone is 2. The van der Waals surface area contributed by atoms with Crippen LogP contribution in [0.4, 0.5) is 0 Å². The van der Waals surface area contributed by atoms with Crippen molar-refractivity contribution in [1.29, 1.82) is 0 Å². The predicted octanol–water partition coefficient (Wildman–Crippen LogP) is 9.08. The fourth-order valence-electron chi connectivity index (χ4n) is 6.34. The molecule has 2 heterocycles. The minimum Gasteiger partial charge on any atom is -0.406 e. The van der Waals surface area contributed by atoms with Gasteiger partial charge in [0.2, 0.25) is 8.32 Å². The summed E-state index contributed by atoms with van der Waals surface area (Å²) in [7, 11) is -2.09. The molecule has 0 aliphatic carbocycles. The maximum absolute atomic E-state index is 8.80. The highest BCUT2D eigenvalue weighted by Crippen LogP contribution is 2.45. The minimum atomic E-state index is -2.09. The highest BCUT2D eigenvalue weighted by atomic mass is 127. The van der Waals surface area contributed by atoms with Gasteiger partial charge < -0.3 is 13.9 Å². The summed E-state index contributed by atoms with van der Waals surface area (Å²) in [6, 6.07) is -0.0845. The van der Waals surface area contributed by atoms with E-state index in [0.29, 0.717) is 22.5 Å². The first-order chi connectivity index (χ1) is 17.4. The summed E-state index contributed by atoms with van der Waals surface area (Å²) in [5, 5.41) is 3.91. The number of halogens is 1. The van der Waals surface area contributed by atoms with Crippen LogP contribution < -0.4 is 0 Å². The maximum Gasteiger partial charge on any atom is 0.201 e. The largest absolute Gasteiger partial charge is 0.406 e. The van der Waals surface area contributed by atoms with Crippen LogP contribution in [0.2, 0.25) is 16.6 Å². The molecule has 0 aromatic rings. The summed E-state index contributed by atoms with van der Waals surface area (Å²) < 4.78 is 20.9. The first-order valence-electron chi connectivity index (χ1n) is 14.0. The van der Waals surface area contributed by atoms with E-state index in [1.807, 2.05) is 6.92 Å². The molecule has 0 N–H and O–H groups in total. The zero-order valence-electron chi connectivity index (χ0n) is 24.5. The first kappa shape index (κ1) is 32.6. The predicted molar refractivity (Wildman–Crippen MR) is 166 cm³/mol. The fraction of sp³-hybridized carbons (Fsp3) is 0.793. The highest BCUT2D eigenvalue weighted by molar-refractivity contribution is 14.1. The lowest BCUT2D eigenvalue weighted by molar-refractivity contribution is -0.0783. The molecule has 2 rings (SSSR count). The molecule has 0 aromatic carbocycles. The van der Waals surface area contributed by atoms with Gasteiger partial charge in [-0.05, 0) is 66.8 Å². The van der Waals surface area contributed by atoms with Gasteiger partial charge in [-0.3, -0.25) is 0 Å². The third-order valence-electron chi connectivity index (χ3n) is 8.35. The molecule has 37 heavy (non-hydrogen) atoms. The summed E-state index contributed by atoms with van der Waals surface area (Å²) in [5.74, 6) is 0.341. The average molecular weight is 644 g/mol. The smallest absolute Gasteiger partial charge is 0.201 e. The minimum absolute atomic E-state index is 0.0570. The van der Waals surface area contributed by atoms with E-state index in [4.69, 9.17) is 19.4 Å². The first-order valence-corrected chi connectivity index (χ1v) is 17.6. The molecule has 2 aliphatic rings. The topological polar surface area (TPSA) is 76.5 Å². The molecule has 6 nitrogen and oxygen atoms in total. The maximum atomic E-state index is 8.80. The summed E-state index contributed by atoms with van der Waals surface area (Å²) in [4.78, 5) is 2.98. The van der Waals surface area contributed by atoms with E-state index >= 15 is 0 Å². The zero-order valence-corrected chi connectivity index (χ0v) is 27.6. The van der Waals surface area contributed by atoms with Gasteiger partial charge in [-0.15, -0.1) is 0 Å². The van der Waals surface area contributed by atoms with Gasteiger partial charge in [0.25, 0.3) is 0 Å². The van der Waals surface area contributed by atoms with Crippen molar-refractivity contribution >= 4 is 30.9 Å². The van der Waals surface area contributed by atoms with E-state index in [1.165, 1.54) is 5.57 Å². The molecule has 2 aliphatic heterocycles. The molecule has 0 aromatic heterocycles. The zero-order chi connectivity index (χ0) is 27.9. The second-order valence-electron chi connectivity index (χ2n) is 12.0. The molecule has 0 saturated carbocycles. The van der Waals surface area contributed by atoms with Gasteiger partial charge in [-0.2, -0.15) is 0 Å². The van der Waals surface area contributed by atoms with E-state index in [0.717, 1.165) is 29.3 Å². The van der Waals surface area contributed by atoms with Crippen LogP contribution in [0.5, 0.6) is 0 Å². The third-order valence-corrected chi connectivity index (χ3v) is 15.4. The average Bonchev–Trinajstić information content (AvgIpc) is 2.82. The van der Waals surface area contributed by atoms with Gasteiger partial charge in [0, 0.05) is 9.34 Å². The summed E-state index contributed by atoms with van der Waals surface area (Å²) in [6.07, 6.45) is 9.16. The number of rotatable bonds is 11. The molecule has 0 unspecified atom stereocenters. The van der Waals surface area contributed by atoms with Crippen LogP contribution in [0.3, 0.4) is 0 Å². The normalized spacial score (nSPS) is 32.0. The lowest BCUT2D eigenvalue weighted by Crippen LogP contribution is -2.54. The number of ether oxygens (including phenoxy) is 2. The Balaban J connectivity index is 2.20. The number of alkyl halides is 1. The molecule has 0 spiro atoms. The number of nitrogens with zero attached hydrogens (tertiary/aromatic N) is 3. The molecule has 8 heteroatoms. The number of hydrogen-bond acceptors (Lipinski definition) is 4. The fourth-order valence-corrected chi connectivity index (χ4v) is 12.4. The van der Waals surface area contributed by atoms with Crippen molar-refractivity contribution in [1.82, 2.24) is 0 Å². The van der Waals surface area contributed by atoms with E-state index in [1.54, 1.807) is 0 Å². The van der Waals surface area contributed by atoms with E-state index in [2.05, 4.69) is 113 Å². The second-order valence-corrected chi connectivity index (χ2v) is 18.3. The number of azide groups is 1. The van der Waals surface area contributed by atoms with Gasteiger partial charge in [0.05, 0.1) is 30.5 Å². The van der Waals surface area contributed by atoms with Crippen molar-refractivity contribution in [2.24, 2.45) is 11.0 Å². The van der Waals surface area contributed by atoms with Crippen LogP contribution in [0.15, 0.2) is 41.1 Å². The lowest BCUT2D eigenvalue weighted by atomic mass is 9.88. The van der Waals surface area contributed by atoms with Crippen molar-refractivity contribution in [2.45, 2.75) is 135 Å². The molecular formula is C29H50IN3O3Si. The Morgan fingerprint density at radius 1 is 1.19 bits per heavy atom. The van der Waals surface area contributed by atoms with Crippen molar-refractivity contribution in [3.8, 4) is 0 Å². The van der Waals surface area contributed by atoms with Crippen LogP contribution in [-0.2, 0) is 13.9 Å². The van der Waals surface area contributed by atoms with Crippen molar-refractivity contribution in [3.05, 3.63) is 46.4 Å². The van der Waals surface area contributed by atoms with E-state index in [9.17, 15) is 0 Å². The van der Waals surface area contributed by atoms with Gasteiger partial charge in [-0.1, -0.05) is 107 Å². The van der Waals surface area contributed by atoms with Crippen LogP contribution in [-0.4, -0.2) is 49.3 Å².